The Kier molecular flexibility index (Phi) is 3.42. The summed E-state index contributed by atoms with van der Waals surface area (Å²) in [6.07, 6.45) is 2.76. The molecule has 1 aliphatic heterocycles. The lowest BCUT2D eigenvalue weighted by atomic mass is 9.93. The maximum atomic E-state index is 2.62. The lowest BCUT2D eigenvalue weighted by Crippen LogP contribution is -2.34. The van der Waals surface area contributed by atoms with E-state index >= 15 is 0 Å². The Morgan fingerprint density at radius 3 is 2.20 bits per heavy atom. The molecule has 0 aliphatic carbocycles. The fourth-order valence-corrected chi connectivity index (χ4v) is 2.50. The third-order valence-electron chi connectivity index (χ3n) is 3.77. The lowest BCUT2D eigenvalue weighted by Gasteiger charge is -2.29. The highest BCUT2D eigenvalue weighted by Gasteiger charge is 2.23. The summed E-state index contributed by atoms with van der Waals surface area (Å²) in [6.45, 7) is 7.29. The molecule has 1 fully saturated rings. The minimum atomic E-state index is 0.643. The van der Waals surface area contributed by atoms with Crippen molar-refractivity contribution in [3.63, 3.8) is 0 Å². The third kappa shape index (κ3) is 2.40. The zero-order valence-corrected chi connectivity index (χ0v) is 9.82. The molecule has 2 rings (SSSR count). The van der Waals surface area contributed by atoms with Crippen LogP contribution in [0.15, 0.2) is 30.3 Å². The van der Waals surface area contributed by atoms with Crippen molar-refractivity contribution in [3.05, 3.63) is 35.9 Å². The second-order valence-corrected chi connectivity index (χ2v) is 4.68. The van der Waals surface area contributed by atoms with Crippen molar-refractivity contribution in [1.29, 1.82) is 0 Å². The fraction of sp³-hybridized carbons (Fsp3) is 0.571. The van der Waals surface area contributed by atoms with E-state index in [1.807, 2.05) is 0 Å². The smallest absolute Gasteiger partial charge is 0.0133 e. The van der Waals surface area contributed by atoms with E-state index in [1.165, 1.54) is 31.5 Å². The monoisotopic (exact) mass is 203 g/mol. The van der Waals surface area contributed by atoms with Crippen LogP contribution in [0.4, 0.5) is 0 Å². The molecule has 15 heavy (non-hydrogen) atoms. The highest BCUT2D eigenvalue weighted by atomic mass is 15.2. The van der Waals surface area contributed by atoms with Crippen LogP contribution in [0.2, 0.25) is 0 Å². The van der Waals surface area contributed by atoms with Crippen molar-refractivity contribution >= 4 is 0 Å². The van der Waals surface area contributed by atoms with Gasteiger partial charge in [-0.2, -0.15) is 0 Å². The molecule has 0 radical (unpaired) electrons. The Labute approximate surface area is 93.1 Å². The highest BCUT2D eigenvalue weighted by molar-refractivity contribution is 5.20. The van der Waals surface area contributed by atoms with E-state index < -0.39 is 0 Å². The van der Waals surface area contributed by atoms with Crippen LogP contribution < -0.4 is 0 Å². The predicted octanol–water partition coefficient (Wildman–Crippen LogP) is 3.27. The first-order valence-corrected chi connectivity index (χ1v) is 6.08. The molecule has 0 N–H and O–H groups in total. The van der Waals surface area contributed by atoms with Gasteiger partial charge in [0.15, 0.2) is 0 Å². The Morgan fingerprint density at radius 2 is 1.60 bits per heavy atom. The molecule has 0 saturated carbocycles. The van der Waals surface area contributed by atoms with Crippen molar-refractivity contribution < 1.29 is 0 Å². The van der Waals surface area contributed by atoms with Gasteiger partial charge in [-0.15, -0.1) is 0 Å². The Hall–Kier alpha value is -0.820. The molecule has 0 bridgehead atoms. The van der Waals surface area contributed by atoms with E-state index in [-0.39, 0.29) is 0 Å². The summed E-state index contributed by atoms with van der Waals surface area (Å²) in [6, 6.07) is 11.5. The van der Waals surface area contributed by atoms with Crippen molar-refractivity contribution in [2.45, 2.75) is 38.6 Å². The summed E-state index contributed by atoms with van der Waals surface area (Å²) in [7, 11) is 0. The highest BCUT2D eigenvalue weighted by Crippen LogP contribution is 2.25. The molecule has 2 unspecified atom stereocenters. The molecule has 0 amide bonds. The van der Waals surface area contributed by atoms with Crippen LogP contribution in [0.5, 0.6) is 0 Å². The van der Waals surface area contributed by atoms with E-state index in [2.05, 4.69) is 49.1 Å². The largest absolute Gasteiger partial charge is 0.300 e. The molecule has 1 nitrogen and oxygen atoms in total. The molecule has 1 aliphatic rings. The van der Waals surface area contributed by atoms with E-state index in [9.17, 15) is 0 Å². The molecule has 2 atom stereocenters. The SMILES string of the molecule is CC(c1ccccc1)C(C)N1CCCC1. The lowest BCUT2D eigenvalue weighted by molar-refractivity contribution is 0.232. The van der Waals surface area contributed by atoms with Crippen molar-refractivity contribution in [2.75, 3.05) is 13.1 Å². The minimum absolute atomic E-state index is 0.643. The topological polar surface area (TPSA) is 3.24 Å². The van der Waals surface area contributed by atoms with E-state index in [4.69, 9.17) is 0 Å². The predicted molar refractivity (Wildman–Crippen MR) is 65.1 cm³/mol. The average Bonchev–Trinajstić information content (AvgIpc) is 2.82. The van der Waals surface area contributed by atoms with Crippen LogP contribution in [-0.4, -0.2) is 24.0 Å². The van der Waals surface area contributed by atoms with Gasteiger partial charge in [0.05, 0.1) is 0 Å². The van der Waals surface area contributed by atoms with E-state index in [1.54, 1.807) is 0 Å². The van der Waals surface area contributed by atoms with Crippen molar-refractivity contribution in [2.24, 2.45) is 0 Å². The van der Waals surface area contributed by atoms with Crippen LogP contribution in [0.25, 0.3) is 0 Å². The first-order valence-electron chi connectivity index (χ1n) is 6.08. The van der Waals surface area contributed by atoms with Crippen LogP contribution in [0, 0.1) is 0 Å². The number of hydrogen-bond acceptors (Lipinski definition) is 1. The van der Waals surface area contributed by atoms with Gasteiger partial charge >= 0.3 is 0 Å². The van der Waals surface area contributed by atoms with E-state index in [0.29, 0.717) is 12.0 Å². The summed E-state index contributed by atoms with van der Waals surface area (Å²) in [5.74, 6) is 0.643. The third-order valence-corrected chi connectivity index (χ3v) is 3.77. The van der Waals surface area contributed by atoms with Gasteiger partial charge in [-0.05, 0) is 44.3 Å². The van der Waals surface area contributed by atoms with Gasteiger partial charge in [0.2, 0.25) is 0 Å². The maximum Gasteiger partial charge on any atom is 0.0133 e. The summed E-state index contributed by atoms with van der Waals surface area (Å²) >= 11 is 0. The van der Waals surface area contributed by atoms with Gasteiger partial charge < -0.3 is 4.90 Å². The fourth-order valence-electron chi connectivity index (χ4n) is 2.50. The number of rotatable bonds is 3. The summed E-state index contributed by atoms with van der Waals surface area (Å²) in [4.78, 5) is 2.62. The first-order chi connectivity index (χ1) is 7.29. The van der Waals surface area contributed by atoms with E-state index in [0.717, 1.165) is 0 Å². The Bertz CT molecular complexity index is 287. The molecule has 1 heterocycles. The second kappa shape index (κ2) is 4.80. The molecule has 82 valence electrons. The minimum Gasteiger partial charge on any atom is -0.300 e. The van der Waals surface area contributed by atoms with Gasteiger partial charge in [-0.3, -0.25) is 0 Å². The quantitative estimate of drug-likeness (QED) is 0.728. The zero-order chi connectivity index (χ0) is 10.7. The van der Waals surface area contributed by atoms with Crippen molar-refractivity contribution in [1.82, 2.24) is 4.90 Å². The second-order valence-electron chi connectivity index (χ2n) is 4.68. The molecule has 1 saturated heterocycles. The molecule has 1 aromatic carbocycles. The summed E-state index contributed by atoms with van der Waals surface area (Å²) < 4.78 is 0. The summed E-state index contributed by atoms with van der Waals surface area (Å²) in [5.41, 5.74) is 1.47. The first kappa shape index (κ1) is 10.7. The number of benzene rings is 1. The summed E-state index contributed by atoms with van der Waals surface area (Å²) in [5, 5.41) is 0. The Balaban J connectivity index is 2.03. The normalized spacial score (nSPS) is 21.5. The van der Waals surface area contributed by atoms with Gasteiger partial charge in [0.25, 0.3) is 0 Å². The standard InChI is InChI=1S/C14H21N/c1-12(14-8-4-3-5-9-14)13(2)15-10-6-7-11-15/h3-5,8-9,12-13H,6-7,10-11H2,1-2H3. The molecule has 0 aromatic heterocycles. The molecule has 1 aromatic rings. The molecule has 1 heteroatoms. The average molecular weight is 203 g/mol. The van der Waals surface area contributed by atoms with Crippen LogP contribution in [-0.2, 0) is 0 Å². The molecular weight excluding hydrogens is 182 g/mol. The zero-order valence-electron chi connectivity index (χ0n) is 9.82. The number of nitrogens with zero attached hydrogens (tertiary/aromatic N) is 1. The van der Waals surface area contributed by atoms with Gasteiger partial charge in [0, 0.05) is 6.04 Å². The van der Waals surface area contributed by atoms with Crippen LogP contribution in [0.1, 0.15) is 38.2 Å². The van der Waals surface area contributed by atoms with Gasteiger partial charge in [0.1, 0.15) is 0 Å². The van der Waals surface area contributed by atoms with Gasteiger partial charge in [-0.1, -0.05) is 37.3 Å². The van der Waals surface area contributed by atoms with Gasteiger partial charge in [-0.25, -0.2) is 0 Å². The molecule has 0 spiro atoms. The molecular formula is C14H21N. The maximum absolute atomic E-state index is 2.62. The number of likely N-dealkylation sites (tertiary alicyclic amines) is 1. The number of hydrogen-bond donors (Lipinski definition) is 0. The van der Waals surface area contributed by atoms with Crippen molar-refractivity contribution in [3.8, 4) is 0 Å². The Morgan fingerprint density at radius 1 is 1.00 bits per heavy atom. The van der Waals surface area contributed by atoms with Crippen LogP contribution in [0.3, 0.4) is 0 Å². The van der Waals surface area contributed by atoms with Crippen LogP contribution >= 0.6 is 0 Å².